The lowest BCUT2D eigenvalue weighted by molar-refractivity contribution is 0.0972. The molecule has 0 bridgehead atoms. The average Bonchev–Trinajstić information content (AvgIpc) is 2.79. The van der Waals surface area contributed by atoms with Crippen molar-refractivity contribution in [1.82, 2.24) is 0 Å². The van der Waals surface area contributed by atoms with Gasteiger partial charge in [0.2, 0.25) is 0 Å². The van der Waals surface area contributed by atoms with Crippen molar-refractivity contribution in [2.45, 2.75) is 26.2 Å². The number of nitrogens with two attached hydrogens (primary N) is 1. The predicted octanol–water partition coefficient (Wildman–Crippen LogP) is 1.40. The summed E-state index contributed by atoms with van der Waals surface area (Å²) in [6.45, 7) is 4.80. The Morgan fingerprint density at radius 2 is 2.27 bits per heavy atom. The van der Waals surface area contributed by atoms with Gasteiger partial charge in [-0.1, -0.05) is 6.92 Å². The zero-order valence-corrected chi connectivity index (χ0v) is 7.38. The molecule has 2 nitrogen and oxygen atoms in total. The summed E-state index contributed by atoms with van der Waals surface area (Å²) in [6, 6.07) is 0. The number of hydrogen-bond donors (Lipinski definition) is 1. The minimum Gasteiger partial charge on any atom is -0.381 e. The maximum Gasteiger partial charge on any atom is 0.0494 e. The van der Waals surface area contributed by atoms with Gasteiger partial charge in [0, 0.05) is 13.2 Å². The van der Waals surface area contributed by atoms with Gasteiger partial charge in [0.15, 0.2) is 0 Å². The number of ether oxygens (including phenoxy) is 1. The van der Waals surface area contributed by atoms with Crippen LogP contribution in [0.4, 0.5) is 0 Å². The van der Waals surface area contributed by atoms with Crippen LogP contribution in [0.2, 0.25) is 0 Å². The molecule has 11 heavy (non-hydrogen) atoms. The summed E-state index contributed by atoms with van der Waals surface area (Å²) in [6.07, 6.45) is 3.83. The molecule has 1 rings (SSSR count). The van der Waals surface area contributed by atoms with Crippen molar-refractivity contribution in [2.24, 2.45) is 17.6 Å². The van der Waals surface area contributed by atoms with Gasteiger partial charge in [-0.2, -0.15) is 0 Å². The van der Waals surface area contributed by atoms with E-state index >= 15 is 0 Å². The molecule has 1 fully saturated rings. The van der Waals surface area contributed by atoms with Crippen LogP contribution in [0.1, 0.15) is 26.2 Å². The minimum atomic E-state index is 0.748. The van der Waals surface area contributed by atoms with Crippen LogP contribution in [0.25, 0.3) is 0 Å². The molecule has 1 unspecified atom stereocenters. The van der Waals surface area contributed by atoms with Gasteiger partial charge in [0.1, 0.15) is 0 Å². The first kappa shape index (κ1) is 9.01. The molecule has 0 aromatic carbocycles. The van der Waals surface area contributed by atoms with Crippen LogP contribution >= 0.6 is 0 Å². The van der Waals surface area contributed by atoms with E-state index in [9.17, 15) is 0 Å². The van der Waals surface area contributed by atoms with E-state index in [1.54, 1.807) is 0 Å². The van der Waals surface area contributed by atoms with Gasteiger partial charge in [-0.15, -0.1) is 0 Å². The van der Waals surface area contributed by atoms with E-state index in [0.717, 1.165) is 38.0 Å². The topological polar surface area (TPSA) is 35.2 Å². The predicted molar refractivity (Wildman–Crippen MR) is 46.4 cm³/mol. The Kier molecular flexibility index (Phi) is 3.87. The molecule has 66 valence electrons. The van der Waals surface area contributed by atoms with E-state index in [2.05, 4.69) is 6.92 Å². The Labute approximate surface area is 69.1 Å². The third kappa shape index (κ3) is 3.73. The Morgan fingerprint density at radius 3 is 2.82 bits per heavy atom. The highest BCUT2D eigenvalue weighted by molar-refractivity contribution is 4.78. The molecular formula is C9H19NO. The Bertz CT molecular complexity index is 102. The van der Waals surface area contributed by atoms with Crippen LogP contribution in [-0.2, 0) is 4.74 Å². The number of rotatable bonds is 6. The zero-order chi connectivity index (χ0) is 8.10. The van der Waals surface area contributed by atoms with Crippen LogP contribution in [0.15, 0.2) is 0 Å². The van der Waals surface area contributed by atoms with Crippen LogP contribution in [0.3, 0.4) is 0 Å². The standard InChI is InChI=1S/C9H19NO/c1-8(9-3-4-9)7-11-6-2-5-10/h8-9H,2-7,10H2,1H3. The van der Waals surface area contributed by atoms with E-state index in [0.29, 0.717) is 0 Å². The van der Waals surface area contributed by atoms with Crippen molar-refractivity contribution in [3.8, 4) is 0 Å². The van der Waals surface area contributed by atoms with Crippen molar-refractivity contribution < 1.29 is 4.74 Å². The van der Waals surface area contributed by atoms with Gasteiger partial charge in [-0.3, -0.25) is 0 Å². The van der Waals surface area contributed by atoms with Gasteiger partial charge in [0.25, 0.3) is 0 Å². The normalized spacial score (nSPS) is 20.2. The van der Waals surface area contributed by atoms with Gasteiger partial charge in [-0.05, 0) is 37.6 Å². The third-order valence-electron chi connectivity index (χ3n) is 2.30. The molecule has 2 heteroatoms. The maximum absolute atomic E-state index is 5.46. The monoisotopic (exact) mass is 157 g/mol. The molecule has 0 amide bonds. The fourth-order valence-corrected chi connectivity index (χ4v) is 1.26. The van der Waals surface area contributed by atoms with Crippen molar-refractivity contribution in [3.63, 3.8) is 0 Å². The molecule has 2 N–H and O–H groups in total. The molecule has 0 aliphatic heterocycles. The van der Waals surface area contributed by atoms with E-state index in [1.807, 2.05) is 0 Å². The lowest BCUT2D eigenvalue weighted by atomic mass is 10.1. The maximum atomic E-state index is 5.46. The largest absolute Gasteiger partial charge is 0.381 e. The Balaban J connectivity index is 1.85. The Morgan fingerprint density at radius 1 is 1.55 bits per heavy atom. The van der Waals surface area contributed by atoms with Gasteiger partial charge in [0.05, 0.1) is 0 Å². The summed E-state index contributed by atoms with van der Waals surface area (Å²) in [5, 5.41) is 0. The van der Waals surface area contributed by atoms with Crippen LogP contribution in [0.5, 0.6) is 0 Å². The molecule has 0 heterocycles. The van der Waals surface area contributed by atoms with E-state index < -0.39 is 0 Å². The molecule has 1 saturated carbocycles. The van der Waals surface area contributed by atoms with Crippen molar-refractivity contribution in [2.75, 3.05) is 19.8 Å². The van der Waals surface area contributed by atoms with Gasteiger partial charge >= 0.3 is 0 Å². The van der Waals surface area contributed by atoms with Crippen LogP contribution < -0.4 is 5.73 Å². The third-order valence-corrected chi connectivity index (χ3v) is 2.30. The van der Waals surface area contributed by atoms with Crippen LogP contribution in [0, 0.1) is 11.8 Å². The van der Waals surface area contributed by atoms with Crippen LogP contribution in [-0.4, -0.2) is 19.8 Å². The summed E-state index contributed by atoms with van der Waals surface area (Å²) in [5.41, 5.74) is 5.34. The van der Waals surface area contributed by atoms with Gasteiger partial charge in [-0.25, -0.2) is 0 Å². The molecule has 0 saturated heterocycles. The molecule has 1 aliphatic rings. The number of hydrogen-bond acceptors (Lipinski definition) is 2. The van der Waals surface area contributed by atoms with E-state index in [1.165, 1.54) is 12.8 Å². The summed E-state index contributed by atoms with van der Waals surface area (Å²) in [4.78, 5) is 0. The van der Waals surface area contributed by atoms with Gasteiger partial charge < -0.3 is 10.5 Å². The molecular weight excluding hydrogens is 138 g/mol. The smallest absolute Gasteiger partial charge is 0.0494 e. The first-order chi connectivity index (χ1) is 5.34. The lowest BCUT2D eigenvalue weighted by Crippen LogP contribution is -2.10. The average molecular weight is 157 g/mol. The second-order valence-electron chi connectivity index (χ2n) is 3.53. The fraction of sp³-hybridized carbons (Fsp3) is 1.00. The molecule has 0 aromatic heterocycles. The Hall–Kier alpha value is -0.0800. The summed E-state index contributed by atoms with van der Waals surface area (Å²) in [7, 11) is 0. The van der Waals surface area contributed by atoms with E-state index in [4.69, 9.17) is 10.5 Å². The first-order valence-corrected chi connectivity index (χ1v) is 4.62. The van der Waals surface area contributed by atoms with E-state index in [-0.39, 0.29) is 0 Å². The quantitative estimate of drug-likeness (QED) is 0.591. The molecule has 1 aliphatic carbocycles. The molecule has 0 spiro atoms. The lowest BCUT2D eigenvalue weighted by Gasteiger charge is -2.09. The minimum absolute atomic E-state index is 0.748. The highest BCUT2D eigenvalue weighted by Crippen LogP contribution is 2.36. The fourth-order valence-electron chi connectivity index (χ4n) is 1.26. The second-order valence-corrected chi connectivity index (χ2v) is 3.53. The zero-order valence-electron chi connectivity index (χ0n) is 7.38. The SMILES string of the molecule is CC(COCCCN)C1CC1. The summed E-state index contributed by atoms with van der Waals surface area (Å²) < 4.78 is 5.46. The molecule has 1 atom stereocenters. The molecule has 0 radical (unpaired) electrons. The first-order valence-electron chi connectivity index (χ1n) is 4.62. The highest BCUT2D eigenvalue weighted by Gasteiger charge is 2.27. The van der Waals surface area contributed by atoms with Crippen molar-refractivity contribution in [1.29, 1.82) is 0 Å². The van der Waals surface area contributed by atoms with Crippen molar-refractivity contribution in [3.05, 3.63) is 0 Å². The second kappa shape index (κ2) is 4.73. The van der Waals surface area contributed by atoms with Crippen molar-refractivity contribution >= 4 is 0 Å². The summed E-state index contributed by atoms with van der Waals surface area (Å²) in [5.74, 6) is 1.74. The molecule has 0 aromatic rings. The highest BCUT2D eigenvalue weighted by atomic mass is 16.5. The summed E-state index contributed by atoms with van der Waals surface area (Å²) >= 11 is 0.